The molecule has 0 heteroatoms. The van der Waals surface area contributed by atoms with Crippen LogP contribution in [0.15, 0.2) is 60.8 Å². The van der Waals surface area contributed by atoms with Gasteiger partial charge in [0.15, 0.2) is 0 Å². The van der Waals surface area contributed by atoms with Crippen molar-refractivity contribution in [1.29, 1.82) is 0 Å². The second-order valence-corrected chi connectivity index (χ2v) is 3.33. The van der Waals surface area contributed by atoms with E-state index in [2.05, 4.69) is 44.7 Å². The molecule has 0 heterocycles. The molecule has 0 amide bonds. The van der Waals surface area contributed by atoms with Crippen LogP contribution in [0.5, 0.6) is 0 Å². The van der Waals surface area contributed by atoms with Gasteiger partial charge < -0.3 is 0 Å². The number of allylic oxidation sites excluding steroid dienone is 9. The Labute approximate surface area is 88.0 Å². The van der Waals surface area contributed by atoms with Gasteiger partial charge in [0.25, 0.3) is 0 Å². The van der Waals surface area contributed by atoms with Gasteiger partial charge >= 0.3 is 0 Å². The maximum Gasteiger partial charge on any atom is -0.0219 e. The normalized spacial score (nSPS) is 13.9. The van der Waals surface area contributed by atoms with Crippen LogP contribution in [0.4, 0.5) is 0 Å². The molecule has 0 aliphatic rings. The summed E-state index contributed by atoms with van der Waals surface area (Å²) in [5.41, 5.74) is 1.34. The Morgan fingerprint density at radius 1 is 1.07 bits per heavy atom. The molecule has 0 radical (unpaired) electrons. The molecule has 0 spiro atoms. The van der Waals surface area contributed by atoms with Gasteiger partial charge in [0.05, 0.1) is 0 Å². The fourth-order valence-corrected chi connectivity index (χ4v) is 1.01. The molecule has 0 aliphatic carbocycles. The summed E-state index contributed by atoms with van der Waals surface area (Å²) in [6, 6.07) is 0. The predicted molar refractivity (Wildman–Crippen MR) is 66.2 cm³/mol. The average molecular weight is 188 g/mol. The van der Waals surface area contributed by atoms with Gasteiger partial charge in [-0.1, -0.05) is 69.0 Å². The summed E-state index contributed by atoms with van der Waals surface area (Å²) >= 11 is 0. The van der Waals surface area contributed by atoms with Crippen molar-refractivity contribution >= 4 is 0 Å². The molecular formula is C14H20. The molecule has 0 fully saturated rings. The molecule has 0 aromatic carbocycles. The van der Waals surface area contributed by atoms with Crippen LogP contribution >= 0.6 is 0 Å². The Bertz CT molecular complexity index is 260. The van der Waals surface area contributed by atoms with E-state index in [4.69, 9.17) is 0 Å². The highest BCUT2D eigenvalue weighted by atomic mass is 14.0. The highest BCUT2D eigenvalue weighted by molar-refractivity contribution is 5.26. The molecule has 0 rings (SSSR count). The molecule has 0 unspecified atom stereocenters. The first kappa shape index (κ1) is 12.7. The summed E-state index contributed by atoms with van der Waals surface area (Å²) in [6.45, 7) is 10.0. The molecular weight excluding hydrogens is 168 g/mol. The minimum Gasteiger partial charge on any atom is -0.0991 e. The van der Waals surface area contributed by atoms with Crippen LogP contribution in [0.1, 0.15) is 20.8 Å². The maximum absolute atomic E-state index is 3.60. The van der Waals surface area contributed by atoms with Crippen molar-refractivity contribution in [1.82, 2.24) is 0 Å². The second-order valence-electron chi connectivity index (χ2n) is 3.33. The van der Waals surface area contributed by atoms with Crippen molar-refractivity contribution in [3.8, 4) is 0 Å². The molecule has 0 aliphatic heterocycles. The smallest absolute Gasteiger partial charge is 0.0219 e. The highest BCUT2D eigenvalue weighted by Gasteiger charge is 1.95. The Hall–Kier alpha value is -1.30. The van der Waals surface area contributed by atoms with Crippen LogP contribution in [0.3, 0.4) is 0 Å². The Kier molecular flexibility index (Phi) is 7.53. The van der Waals surface area contributed by atoms with Crippen molar-refractivity contribution < 1.29 is 0 Å². The van der Waals surface area contributed by atoms with Crippen molar-refractivity contribution in [3.05, 3.63) is 60.8 Å². The van der Waals surface area contributed by atoms with Gasteiger partial charge in [-0.2, -0.15) is 0 Å². The summed E-state index contributed by atoms with van der Waals surface area (Å²) in [5, 5.41) is 0. The number of hydrogen-bond acceptors (Lipinski definition) is 0. The third-order valence-electron chi connectivity index (χ3n) is 1.78. The Balaban J connectivity index is 4.36. The van der Waals surface area contributed by atoms with E-state index in [0.717, 1.165) is 0 Å². The quantitative estimate of drug-likeness (QED) is 0.559. The van der Waals surface area contributed by atoms with Crippen LogP contribution in [0, 0.1) is 5.92 Å². The first-order valence-electron chi connectivity index (χ1n) is 5.01. The molecule has 0 saturated carbocycles. The fourth-order valence-electron chi connectivity index (χ4n) is 1.01. The summed E-state index contributed by atoms with van der Waals surface area (Å²) in [7, 11) is 0. The first-order chi connectivity index (χ1) is 6.72. The Morgan fingerprint density at radius 2 is 1.71 bits per heavy atom. The third kappa shape index (κ3) is 6.24. The van der Waals surface area contributed by atoms with Crippen LogP contribution < -0.4 is 0 Å². The lowest BCUT2D eigenvalue weighted by molar-refractivity contribution is 0.791. The maximum atomic E-state index is 3.60. The lowest BCUT2D eigenvalue weighted by atomic mass is 10.0. The molecule has 0 atom stereocenters. The first-order valence-corrected chi connectivity index (χ1v) is 5.01. The minimum atomic E-state index is 0.569. The monoisotopic (exact) mass is 188 g/mol. The van der Waals surface area contributed by atoms with Gasteiger partial charge in [-0.3, -0.25) is 0 Å². The van der Waals surface area contributed by atoms with E-state index in [-0.39, 0.29) is 0 Å². The van der Waals surface area contributed by atoms with Crippen LogP contribution in [0.25, 0.3) is 0 Å². The van der Waals surface area contributed by atoms with E-state index in [1.165, 1.54) is 5.57 Å². The summed E-state index contributed by atoms with van der Waals surface area (Å²) in [6.07, 6.45) is 16.1. The molecule has 0 N–H and O–H groups in total. The van der Waals surface area contributed by atoms with E-state index in [1.54, 1.807) is 6.08 Å². The van der Waals surface area contributed by atoms with Crippen LogP contribution in [-0.4, -0.2) is 0 Å². The van der Waals surface area contributed by atoms with E-state index < -0.39 is 0 Å². The summed E-state index contributed by atoms with van der Waals surface area (Å²) in [4.78, 5) is 0. The lowest BCUT2D eigenvalue weighted by Crippen LogP contribution is -1.88. The number of hydrogen-bond donors (Lipinski definition) is 0. The van der Waals surface area contributed by atoms with Crippen molar-refractivity contribution in [2.24, 2.45) is 5.92 Å². The van der Waals surface area contributed by atoms with Crippen molar-refractivity contribution in [2.75, 3.05) is 0 Å². The zero-order valence-electron chi connectivity index (χ0n) is 9.40. The van der Waals surface area contributed by atoms with Gasteiger partial charge in [0.1, 0.15) is 0 Å². The Morgan fingerprint density at radius 3 is 2.21 bits per heavy atom. The molecule has 0 bridgehead atoms. The van der Waals surface area contributed by atoms with E-state index in [0.29, 0.717) is 5.92 Å². The molecule has 14 heavy (non-hydrogen) atoms. The molecule has 0 saturated heterocycles. The predicted octanol–water partition coefficient (Wildman–Crippen LogP) is 4.44. The van der Waals surface area contributed by atoms with E-state index in [1.807, 2.05) is 25.2 Å². The molecule has 0 aromatic heterocycles. The summed E-state index contributed by atoms with van der Waals surface area (Å²) in [5.74, 6) is 0.569. The van der Waals surface area contributed by atoms with E-state index in [9.17, 15) is 0 Å². The molecule has 76 valence electrons. The molecule has 0 nitrogen and oxygen atoms in total. The molecule has 0 aromatic rings. The topological polar surface area (TPSA) is 0 Å². The van der Waals surface area contributed by atoms with Gasteiger partial charge in [-0.15, -0.1) is 0 Å². The van der Waals surface area contributed by atoms with Gasteiger partial charge in [-0.05, 0) is 18.4 Å². The van der Waals surface area contributed by atoms with Crippen LogP contribution in [-0.2, 0) is 0 Å². The van der Waals surface area contributed by atoms with Crippen molar-refractivity contribution in [3.63, 3.8) is 0 Å². The third-order valence-corrected chi connectivity index (χ3v) is 1.78. The van der Waals surface area contributed by atoms with Gasteiger partial charge in [0, 0.05) is 0 Å². The standard InChI is InChI=1S/C14H20/c1-5-7-8-9-10-12-14(11-6-2)13(3)4/h5-13H,1H2,2-4H3/b8-7+,10-9-,11-6-,14-12-. The van der Waals surface area contributed by atoms with E-state index >= 15 is 0 Å². The van der Waals surface area contributed by atoms with Crippen LogP contribution in [0.2, 0.25) is 0 Å². The van der Waals surface area contributed by atoms with Gasteiger partial charge in [-0.25, -0.2) is 0 Å². The fraction of sp³-hybridized carbons (Fsp3) is 0.286. The zero-order valence-corrected chi connectivity index (χ0v) is 9.40. The SMILES string of the molecule is C=C/C=C/C=C\C=C(\C=C/C)C(C)C. The minimum absolute atomic E-state index is 0.569. The largest absolute Gasteiger partial charge is 0.0991 e. The van der Waals surface area contributed by atoms with Crippen molar-refractivity contribution in [2.45, 2.75) is 20.8 Å². The van der Waals surface area contributed by atoms with Gasteiger partial charge in [0.2, 0.25) is 0 Å². The lowest BCUT2D eigenvalue weighted by Gasteiger charge is -2.03. The number of rotatable bonds is 5. The zero-order chi connectivity index (χ0) is 10.8. The average Bonchev–Trinajstić information content (AvgIpc) is 2.15. The summed E-state index contributed by atoms with van der Waals surface area (Å²) < 4.78 is 0. The second kappa shape index (κ2) is 8.31. The highest BCUT2D eigenvalue weighted by Crippen LogP contribution is 2.10.